The molecule has 1 aliphatic carbocycles. The third-order valence-electron chi connectivity index (χ3n) is 3.68. The molecule has 1 aliphatic rings. The largest absolute Gasteiger partial charge is 0.379 e. The molecule has 2 unspecified atom stereocenters. The first kappa shape index (κ1) is 15.0. The van der Waals surface area contributed by atoms with Crippen molar-refractivity contribution in [2.24, 2.45) is 11.8 Å². The third-order valence-corrected chi connectivity index (χ3v) is 3.68. The van der Waals surface area contributed by atoms with Crippen molar-refractivity contribution in [3.05, 3.63) is 0 Å². The number of rotatable bonds is 8. The maximum absolute atomic E-state index is 5.52. The van der Waals surface area contributed by atoms with Crippen LogP contribution in [0.25, 0.3) is 0 Å². The fourth-order valence-corrected chi connectivity index (χ4v) is 2.72. The molecule has 1 saturated carbocycles. The van der Waals surface area contributed by atoms with Crippen LogP contribution in [0.15, 0.2) is 0 Å². The molecule has 1 rings (SSSR count). The molecule has 0 radical (unpaired) electrons. The second kappa shape index (κ2) is 8.93. The highest BCUT2D eigenvalue weighted by Gasteiger charge is 2.17. The average molecular weight is 241 g/mol. The van der Waals surface area contributed by atoms with Gasteiger partial charge in [0, 0.05) is 6.61 Å². The first-order valence-electron chi connectivity index (χ1n) is 7.50. The molecule has 0 aromatic carbocycles. The Morgan fingerprint density at radius 1 is 1.24 bits per heavy atom. The van der Waals surface area contributed by atoms with E-state index in [0.717, 1.165) is 25.0 Å². The lowest BCUT2D eigenvalue weighted by Gasteiger charge is -2.26. The van der Waals surface area contributed by atoms with Crippen molar-refractivity contribution in [1.82, 2.24) is 5.32 Å². The zero-order valence-corrected chi connectivity index (χ0v) is 12.0. The minimum atomic E-state index is 0.381. The molecule has 0 bridgehead atoms. The van der Waals surface area contributed by atoms with Crippen LogP contribution in [0, 0.1) is 11.8 Å². The van der Waals surface area contributed by atoms with Gasteiger partial charge in [0.25, 0.3) is 0 Å². The van der Waals surface area contributed by atoms with Crippen molar-refractivity contribution < 1.29 is 4.74 Å². The van der Waals surface area contributed by atoms with Gasteiger partial charge in [-0.2, -0.15) is 0 Å². The highest BCUT2D eigenvalue weighted by atomic mass is 16.5. The van der Waals surface area contributed by atoms with E-state index in [9.17, 15) is 0 Å². The molecule has 1 N–H and O–H groups in total. The molecule has 0 heterocycles. The Kier molecular flexibility index (Phi) is 7.87. The Balaban J connectivity index is 1.86. The van der Waals surface area contributed by atoms with E-state index in [1.165, 1.54) is 45.1 Å². The van der Waals surface area contributed by atoms with E-state index >= 15 is 0 Å². The van der Waals surface area contributed by atoms with E-state index in [1.807, 2.05) is 0 Å². The van der Waals surface area contributed by atoms with Crippen LogP contribution in [0.4, 0.5) is 0 Å². The minimum Gasteiger partial charge on any atom is -0.379 e. The number of unbranched alkanes of at least 4 members (excludes halogenated alkanes) is 1. The van der Waals surface area contributed by atoms with Crippen LogP contribution in [-0.2, 0) is 4.74 Å². The van der Waals surface area contributed by atoms with Gasteiger partial charge in [0.1, 0.15) is 0 Å². The Morgan fingerprint density at radius 2 is 2.06 bits per heavy atom. The zero-order chi connectivity index (χ0) is 12.5. The number of hydrogen-bond acceptors (Lipinski definition) is 2. The maximum Gasteiger partial charge on any atom is 0.0518 e. The van der Waals surface area contributed by atoms with E-state index in [2.05, 4.69) is 26.1 Å². The Morgan fingerprint density at radius 3 is 2.76 bits per heavy atom. The van der Waals surface area contributed by atoms with Crippen LogP contribution < -0.4 is 5.32 Å². The highest BCUT2D eigenvalue weighted by Crippen LogP contribution is 2.27. The van der Waals surface area contributed by atoms with Crippen LogP contribution >= 0.6 is 0 Å². The molecule has 0 saturated heterocycles. The Hall–Kier alpha value is -0.0800. The van der Waals surface area contributed by atoms with Gasteiger partial charge in [-0.3, -0.25) is 0 Å². The summed E-state index contributed by atoms with van der Waals surface area (Å²) in [7, 11) is 0. The summed E-state index contributed by atoms with van der Waals surface area (Å²) < 4.78 is 5.52. The fourth-order valence-electron chi connectivity index (χ4n) is 2.72. The van der Waals surface area contributed by atoms with Crippen molar-refractivity contribution in [2.45, 2.75) is 65.4 Å². The average Bonchev–Trinajstić information content (AvgIpc) is 2.27. The van der Waals surface area contributed by atoms with E-state index in [-0.39, 0.29) is 0 Å². The van der Waals surface area contributed by atoms with Gasteiger partial charge in [0.2, 0.25) is 0 Å². The molecule has 0 spiro atoms. The molecular weight excluding hydrogens is 210 g/mol. The zero-order valence-electron chi connectivity index (χ0n) is 12.0. The Bertz CT molecular complexity index is 182. The second-order valence-electron chi connectivity index (χ2n) is 5.97. The summed E-state index contributed by atoms with van der Waals surface area (Å²) in [4.78, 5) is 0. The summed E-state index contributed by atoms with van der Waals surface area (Å²) in [6.07, 6.45) is 8.57. The van der Waals surface area contributed by atoms with Gasteiger partial charge in [-0.05, 0) is 64.5 Å². The van der Waals surface area contributed by atoms with E-state index in [4.69, 9.17) is 4.74 Å². The van der Waals surface area contributed by atoms with Crippen molar-refractivity contribution in [1.29, 1.82) is 0 Å². The molecular formula is C15H31NO. The van der Waals surface area contributed by atoms with Gasteiger partial charge in [-0.1, -0.05) is 19.8 Å². The lowest BCUT2D eigenvalue weighted by Crippen LogP contribution is -2.27. The molecule has 0 aliphatic heterocycles. The standard InChI is InChI=1S/C15H31NO/c1-13(2)17-10-5-4-9-16-12-15-8-6-7-14(3)11-15/h13-16H,4-12H2,1-3H3. The smallest absolute Gasteiger partial charge is 0.0518 e. The van der Waals surface area contributed by atoms with Gasteiger partial charge in [-0.25, -0.2) is 0 Å². The highest BCUT2D eigenvalue weighted by molar-refractivity contribution is 4.72. The van der Waals surface area contributed by atoms with Crippen LogP contribution in [0.2, 0.25) is 0 Å². The number of hydrogen-bond donors (Lipinski definition) is 1. The minimum absolute atomic E-state index is 0.381. The van der Waals surface area contributed by atoms with Crippen LogP contribution in [0.1, 0.15) is 59.3 Å². The molecule has 2 heteroatoms. The summed E-state index contributed by atoms with van der Waals surface area (Å²) in [5.74, 6) is 1.89. The van der Waals surface area contributed by atoms with Crippen LogP contribution in [0.5, 0.6) is 0 Å². The first-order valence-corrected chi connectivity index (χ1v) is 7.50. The van der Waals surface area contributed by atoms with Crippen molar-refractivity contribution in [2.75, 3.05) is 19.7 Å². The predicted octanol–water partition coefficient (Wildman–Crippen LogP) is 3.61. The summed E-state index contributed by atoms with van der Waals surface area (Å²) in [6.45, 7) is 9.90. The quantitative estimate of drug-likeness (QED) is 0.656. The van der Waals surface area contributed by atoms with Gasteiger partial charge in [0.05, 0.1) is 6.10 Å². The Labute approximate surface area is 108 Å². The number of nitrogens with one attached hydrogen (secondary N) is 1. The van der Waals surface area contributed by atoms with Gasteiger partial charge in [0.15, 0.2) is 0 Å². The maximum atomic E-state index is 5.52. The fraction of sp³-hybridized carbons (Fsp3) is 1.00. The van der Waals surface area contributed by atoms with Crippen LogP contribution in [-0.4, -0.2) is 25.8 Å². The topological polar surface area (TPSA) is 21.3 Å². The summed E-state index contributed by atoms with van der Waals surface area (Å²) >= 11 is 0. The van der Waals surface area contributed by atoms with Crippen molar-refractivity contribution in [3.63, 3.8) is 0 Å². The molecule has 0 aromatic heterocycles. The molecule has 102 valence electrons. The SMILES string of the molecule is CC1CCCC(CNCCCCOC(C)C)C1. The van der Waals surface area contributed by atoms with E-state index in [0.29, 0.717) is 6.10 Å². The lowest BCUT2D eigenvalue weighted by atomic mass is 9.82. The van der Waals surface area contributed by atoms with Gasteiger partial charge in [-0.15, -0.1) is 0 Å². The van der Waals surface area contributed by atoms with Crippen molar-refractivity contribution in [3.8, 4) is 0 Å². The summed E-state index contributed by atoms with van der Waals surface area (Å²) in [5, 5.41) is 3.61. The van der Waals surface area contributed by atoms with E-state index in [1.54, 1.807) is 0 Å². The molecule has 2 atom stereocenters. The van der Waals surface area contributed by atoms with Crippen LogP contribution in [0.3, 0.4) is 0 Å². The summed E-state index contributed by atoms with van der Waals surface area (Å²) in [6, 6.07) is 0. The second-order valence-corrected chi connectivity index (χ2v) is 5.97. The number of ether oxygens (including phenoxy) is 1. The monoisotopic (exact) mass is 241 g/mol. The van der Waals surface area contributed by atoms with Gasteiger partial charge >= 0.3 is 0 Å². The third kappa shape index (κ3) is 7.77. The molecule has 0 aromatic rings. The van der Waals surface area contributed by atoms with Crippen molar-refractivity contribution >= 4 is 0 Å². The van der Waals surface area contributed by atoms with E-state index < -0.39 is 0 Å². The predicted molar refractivity (Wildman–Crippen MR) is 74.3 cm³/mol. The molecule has 0 amide bonds. The molecule has 1 fully saturated rings. The van der Waals surface area contributed by atoms with Gasteiger partial charge < -0.3 is 10.1 Å². The molecule has 2 nitrogen and oxygen atoms in total. The normalized spacial score (nSPS) is 25.4. The first-order chi connectivity index (χ1) is 8.18. The lowest BCUT2D eigenvalue weighted by molar-refractivity contribution is 0.0760. The molecule has 17 heavy (non-hydrogen) atoms. The summed E-state index contributed by atoms with van der Waals surface area (Å²) in [5.41, 5.74) is 0.